The van der Waals surface area contributed by atoms with Gasteiger partial charge in [0.15, 0.2) is 0 Å². The van der Waals surface area contributed by atoms with Crippen molar-refractivity contribution in [3.8, 4) is 16.9 Å². The van der Waals surface area contributed by atoms with Gasteiger partial charge in [0.2, 0.25) is 11.8 Å². The van der Waals surface area contributed by atoms with Crippen molar-refractivity contribution in [3.63, 3.8) is 0 Å². The summed E-state index contributed by atoms with van der Waals surface area (Å²) in [4.78, 5) is 31.9. The molecule has 1 aromatic heterocycles. The highest BCUT2D eigenvalue weighted by Crippen LogP contribution is 2.26. The zero-order valence-electron chi connectivity index (χ0n) is 18.9. The summed E-state index contributed by atoms with van der Waals surface area (Å²) in [5.74, 6) is 0.650. The Morgan fingerprint density at radius 2 is 1.85 bits per heavy atom. The molecule has 2 heterocycles. The Kier molecular flexibility index (Phi) is 7.35. The molecule has 6 nitrogen and oxygen atoms in total. The van der Waals surface area contributed by atoms with E-state index in [2.05, 4.69) is 17.2 Å². The monoisotopic (exact) mass is 443 g/mol. The Morgan fingerprint density at radius 1 is 1.09 bits per heavy atom. The van der Waals surface area contributed by atoms with Crippen LogP contribution in [-0.4, -0.2) is 47.4 Å². The predicted octanol–water partition coefficient (Wildman–Crippen LogP) is 3.65. The summed E-state index contributed by atoms with van der Waals surface area (Å²) in [6.45, 7) is 3.71. The van der Waals surface area contributed by atoms with Gasteiger partial charge in [-0.25, -0.2) is 0 Å². The van der Waals surface area contributed by atoms with Gasteiger partial charge < -0.3 is 15.0 Å². The number of benzene rings is 2. The molecule has 0 spiro atoms. The summed E-state index contributed by atoms with van der Waals surface area (Å²) < 4.78 is 5.62. The summed E-state index contributed by atoms with van der Waals surface area (Å²) in [6.07, 6.45) is 5.17. The number of carbonyl (C=O) groups is 2. The Morgan fingerprint density at radius 3 is 2.61 bits per heavy atom. The summed E-state index contributed by atoms with van der Waals surface area (Å²) in [5, 5.41) is 2.93. The number of aromatic nitrogens is 1. The van der Waals surface area contributed by atoms with E-state index in [0.717, 1.165) is 34.4 Å². The third-order valence-electron chi connectivity index (χ3n) is 5.82. The Hall–Kier alpha value is -3.67. The normalized spacial score (nSPS) is 15.7. The second-order valence-corrected chi connectivity index (χ2v) is 8.16. The van der Waals surface area contributed by atoms with E-state index in [4.69, 9.17) is 4.74 Å². The van der Waals surface area contributed by atoms with Crippen LogP contribution in [0.4, 0.5) is 0 Å². The lowest BCUT2D eigenvalue weighted by Gasteiger charge is -2.35. The number of amides is 2. The molecule has 0 saturated carbocycles. The Labute approximate surface area is 194 Å². The van der Waals surface area contributed by atoms with Gasteiger partial charge in [-0.3, -0.25) is 14.6 Å². The molecule has 0 bridgehead atoms. The predicted molar refractivity (Wildman–Crippen MR) is 128 cm³/mol. The number of piperazine rings is 1. The highest BCUT2D eigenvalue weighted by molar-refractivity contribution is 5.90. The zero-order chi connectivity index (χ0) is 23.0. The largest absolute Gasteiger partial charge is 0.494 e. The van der Waals surface area contributed by atoms with Crippen LogP contribution in [0.15, 0.2) is 73.1 Å². The molecule has 1 aliphatic heterocycles. The summed E-state index contributed by atoms with van der Waals surface area (Å²) in [5.41, 5.74) is 4.03. The zero-order valence-corrected chi connectivity index (χ0v) is 18.9. The quantitative estimate of drug-likeness (QED) is 0.577. The van der Waals surface area contributed by atoms with E-state index >= 15 is 0 Å². The average Bonchev–Trinajstić information content (AvgIpc) is 2.85. The maximum atomic E-state index is 13.2. The van der Waals surface area contributed by atoms with Crippen molar-refractivity contribution < 1.29 is 14.3 Å². The van der Waals surface area contributed by atoms with Crippen LogP contribution in [0.2, 0.25) is 0 Å². The molecule has 0 radical (unpaired) electrons. The van der Waals surface area contributed by atoms with Crippen LogP contribution in [-0.2, 0) is 22.4 Å². The number of pyridine rings is 1. The van der Waals surface area contributed by atoms with E-state index in [1.807, 2.05) is 60.7 Å². The molecular formula is C27H29N3O3. The molecular weight excluding hydrogens is 414 g/mol. The molecule has 3 aromatic rings. The minimum atomic E-state index is -0.540. The fraction of sp³-hybridized carbons (Fsp3) is 0.296. The van der Waals surface area contributed by atoms with Gasteiger partial charge in [-0.1, -0.05) is 43.3 Å². The lowest BCUT2D eigenvalue weighted by atomic mass is 9.94. The number of ether oxygens (including phenoxy) is 1. The number of nitrogens with zero attached hydrogens (tertiary/aromatic N) is 2. The van der Waals surface area contributed by atoms with Crippen LogP contribution in [0.1, 0.15) is 24.5 Å². The van der Waals surface area contributed by atoms with E-state index in [1.54, 1.807) is 17.3 Å². The van der Waals surface area contributed by atoms with E-state index < -0.39 is 6.04 Å². The maximum Gasteiger partial charge on any atom is 0.243 e. The summed E-state index contributed by atoms with van der Waals surface area (Å²) in [6, 6.07) is 19.0. The molecule has 2 aromatic carbocycles. The number of rotatable bonds is 8. The number of hydrogen-bond donors (Lipinski definition) is 1. The van der Waals surface area contributed by atoms with Crippen LogP contribution in [0.5, 0.6) is 5.75 Å². The van der Waals surface area contributed by atoms with Crippen LogP contribution >= 0.6 is 0 Å². The second-order valence-electron chi connectivity index (χ2n) is 8.16. The molecule has 4 rings (SSSR count). The minimum Gasteiger partial charge on any atom is -0.494 e. The van der Waals surface area contributed by atoms with E-state index in [-0.39, 0.29) is 18.2 Å². The third-order valence-corrected chi connectivity index (χ3v) is 5.82. The van der Waals surface area contributed by atoms with Gasteiger partial charge in [-0.2, -0.15) is 0 Å². The fourth-order valence-corrected chi connectivity index (χ4v) is 4.14. The standard InChI is InChI=1S/C27H29N3O3/c1-2-17-33-23-9-7-20(8-10-23)18-26(31)30-16-15-29-27(32)25(30)19-22-5-3-4-6-24(22)21-11-13-28-14-12-21/h3-14,25H,2,15-19H2,1H3,(H,29,32)/t25-/m1/s1. The number of nitrogens with one attached hydrogen (secondary N) is 1. The first-order valence-electron chi connectivity index (χ1n) is 11.4. The minimum absolute atomic E-state index is 0.0431. The van der Waals surface area contributed by atoms with E-state index in [1.165, 1.54) is 0 Å². The highest BCUT2D eigenvalue weighted by atomic mass is 16.5. The van der Waals surface area contributed by atoms with Crippen molar-refractivity contribution in [3.05, 3.63) is 84.2 Å². The van der Waals surface area contributed by atoms with Crippen LogP contribution < -0.4 is 10.1 Å². The molecule has 6 heteroatoms. The Balaban J connectivity index is 1.51. The second kappa shape index (κ2) is 10.8. The molecule has 1 fully saturated rings. The van der Waals surface area contributed by atoms with Gasteiger partial charge >= 0.3 is 0 Å². The van der Waals surface area contributed by atoms with Gasteiger partial charge in [0.05, 0.1) is 13.0 Å². The summed E-state index contributed by atoms with van der Waals surface area (Å²) in [7, 11) is 0. The first-order valence-corrected chi connectivity index (χ1v) is 11.4. The topological polar surface area (TPSA) is 71.5 Å². The lowest BCUT2D eigenvalue weighted by molar-refractivity contribution is -0.142. The average molecular weight is 444 g/mol. The number of carbonyl (C=O) groups excluding carboxylic acids is 2. The SMILES string of the molecule is CCCOc1ccc(CC(=O)N2CCNC(=O)[C@H]2Cc2ccccc2-c2ccncc2)cc1. The van der Waals surface area contributed by atoms with Crippen LogP contribution in [0.3, 0.4) is 0 Å². The van der Waals surface area contributed by atoms with Crippen molar-refractivity contribution in [2.75, 3.05) is 19.7 Å². The number of hydrogen-bond acceptors (Lipinski definition) is 4. The van der Waals surface area contributed by atoms with Gasteiger partial charge in [0.1, 0.15) is 11.8 Å². The first kappa shape index (κ1) is 22.5. The van der Waals surface area contributed by atoms with Crippen molar-refractivity contribution in [1.29, 1.82) is 0 Å². The lowest BCUT2D eigenvalue weighted by Crippen LogP contribution is -2.58. The maximum absolute atomic E-state index is 13.2. The molecule has 1 N–H and O–H groups in total. The smallest absolute Gasteiger partial charge is 0.243 e. The van der Waals surface area contributed by atoms with Crippen molar-refractivity contribution in [2.24, 2.45) is 0 Å². The molecule has 1 atom stereocenters. The Bertz CT molecular complexity index is 1080. The van der Waals surface area contributed by atoms with Gasteiger partial charge in [0, 0.05) is 31.9 Å². The molecule has 33 heavy (non-hydrogen) atoms. The highest BCUT2D eigenvalue weighted by Gasteiger charge is 2.33. The molecule has 1 saturated heterocycles. The van der Waals surface area contributed by atoms with Crippen molar-refractivity contribution in [2.45, 2.75) is 32.2 Å². The molecule has 1 aliphatic rings. The van der Waals surface area contributed by atoms with E-state index in [0.29, 0.717) is 26.1 Å². The van der Waals surface area contributed by atoms with Gasteiger partial charge in [-0.05, 0) is 52.9 Å². The van der Waals surface area contributed by atoms with Gasteiger partial charge in [-0.15, -0.1) is 0 Å². The summed E-state index contributed by atoms with van der Waals surface area (Å²) >= 11 is 0. The van der Waals surface area contributed by atoms with Crippen molar-refractivity contribution in [1.82, 2.24) is 15.2 Å². The first-order chi connectivity index (χ1) is 16.2. The van der Waals surface area contributed by atoms with E-state index in [9.17, 15) is 9.59 Å². The van der Waals surface area contributed by atoms with Gasteiger partial charge in [0.25, 0.3) is 0 Å². The van der Waals surface area contributed by atoms with Crippen molar-refractivity contribution >= 4 is 11.8 Å². The van der Waals surface area contributed by atoms with Crippen LogP contribution in [0, 0.1) is 0 Å². The molecule has 170 valence electrons. The third kappa shape index (κ3) is 5.58. The molecule has 0 unspecified atom stereocenters. The molecule has 2 amide bonds. The fourth-order valence-electron chi connectivity index (χ4n) is 4.14. The molecule has 0 aliphatic carbocycles. The van der Waals surface area contributed by atoms with Crippen LogP contribution in [0.25, 0.3) is 11.1 Å².